The van der Waals surface area contributed by atoms with Gasteiger partial charge in [0.1, 0.15) is 6.42 Å². The molecule has 10 nitrogen and oxygen atoms in total. The van der Waals surface area contributed by atoms with Gasteiger partial charge in [-0.05, 0) is 12.8 Å². The van der Waals surface area contributed by atoms with E-state index in [1.54, 1.807) is 13.8 Å². The lowest BCUT2D eigenvalue weighted by molar-refractivity contribution is -0.526. The second kappa shape index (κ2) is 11.3. The molecule has 0 bridgehead atoms. The molecule has 0 aromatic carbocycles. The Labute approximate surface area is 133 Å². The molecule has 0 aromatic rings. The predicted octanol–water partition coefficient (Wildman–Crippen LogP) is 1.35. The van der Waals surface area contributed by atoms with Gasteiger partial charge in [-0.1, -0.05) is 13.8 Å². The van der Waals surface area contributed by atoms with Crippen molar-refractivity contribution in [1.29, 1.82) is 0 Å². The summed E-state index contributed by atoms with van der Waals surface area (Å²) in [5.41, 5.74) is 0. The van der Waals surface area contributed by atoms with Crippen LogP contribution in [-0.2, 0) is 19.1 Å². The highest BCUT2D eigenvalue weighted by atomic mass is 16.6. The first-order valence-corrected chi connectivity index (χ1v) is 7.39. The topological polar surface area (TPSA) is 139 Å². The van der Waals surface area contributed by atoms with Gasteiger partial charge in [0.25, 0.3) is 0 Å². The minimum Gasteiger partial charge on any atom is -0.458 e. The van der Waals surface area contributed by atoms with Crippen LogP contribution in [0.15, 0.2) is 0 Å². The van der Waals surface area contributed by atoms with Crippen molar-refractivity contribution in [2.75, 3.05) is 13.2 Å². The maximum atomic E-state index is 11.4. The summed E-state index contributed by atoms with van der Waals surface area (Å²) in [6, 6.07) is -2.02. The van der Waals surface area contributed by atoms with Crippen molar-refractivity contribution < 1.29 is 28.9 Å². The van der Waals surface area contributed by atoms with Crippen LogP contribution >= 0.6 is 0 Å². The highest BCUT2D eigenvalue weighted by Gasteiger charge is 2.24. The summed E-state index contributed by atoms with van der Waals surface area (Å²) in [5, 5.41) is 21.4. The van der Waals surface area contributed by atoms with Crippen molar-refractivity contribution in [2.24, 2.45) is 0 Å². The van der Waals surface area contributed by atoms with Crippen LogP contribution in [0, 0.1) is 20.2 Å². The van der Waals surface area contributed by atoms with Crippen LogP contribution in [0.3, 0.4) is 0 Å². The van der Waals surface area contributed by atoms with E-state index in [0.717, 1.165) is 0 Å². The Kier molecular flexibility index (Phi) is 10.2. The molecule has 0 aliphatic heterocycles. The number of nitrogens with zero attached hydrogens (tertiary/aromatic N) is 2. The maximum Gasteiger partial charge on any atom is 0.317 e. The van der Waals surface area contributed by atoms with E-state index in [4.69, 9.17) is 0 Å². The van der Waals surface area contributed by atoms with Crippen molar-refractivity contribution in [2.45, 2.75) is 58.0 Å². The predicted molar refractivity (Wildman–Crippen MR) is 77.9 cm³/mol. The van der Waals surface area contributed by atoms with Gasteiger partial charge in [-0.15, -0.1) is 0 Å². The largest absolute Gasteiger partial charge is 0.458 e. The van der Waals surface area contributed by atoms with Gasteiger partial charge in [-0.25, -0.2) is 0 Å². The first-order chi connectivity index (χ1) is 10.8. The van der Waals surface area contributed by atoms with Crippen LogP contribution in [0.4, 0.5) is 0 Å². The van der Waals surface area contributed by atoms with Gasteiger partial charge >= 0.3 is 11.9 Å². The van der Waals surface area contributed by atoms with Crippen molar-refractivity contribution in [3.63, 3.8) is 0 Å². The highest BCUT2D eigenvalue weighted by Crippen LogP contribution is 2.05. The van der Waals surface area contributed by atoms with E-state index in [1.165, 1.54) is 0 Å². The molecular formula is C13H22N2O8. The molecule has 0 N–H and O–H groups in total. The molecular weight excluding hydrogens is 312 g/mol. The molecule has 2 atom stereocenters. The molecule has 10 heteroatoms. The Bertz CT molecular complexity index is 388. The van der Waals surface area contributed by atoms with E-state index in [9.17, 15) is 29.8 Å². The molecule has 2 unspecified atom stereocenters. The molecule has 132 valence electrons. The standard InChI is InChI=1S/C13H22N2O8/c1-3-5-10(14(18)19)8-22-12(16)7-13(17)23-9-11(6-4-2)15(20)21/h10-11H,3-9H2,1-2H3. The fraction of sp³-hybridized carbons (Fsp3) is 0.846. The third-order valence-corrected chi connectivity index (χ3v) is 3.00. The lowest BCUT2D eigenvalue weighted by Crippen LogP contribution is -2.29. The van der Waals surface area contributed by atoms with E-state index in [1.807, 2.05) is 0 Å². The number of rotatable bonds is 12. The average molecular weight is 334 g/mol. The lowest BCUT2D eigenvalue weighted by Gasteiger charge is -2.10. The molecule has 23 heavy (non-hydrogen) atoms. The molecule has 0 rings (SSSR count). The average Bonchev–Trinajstić information content (AvgIpc) is 2.47. The zero-order valence-electron chi connectivity index (χ0n) is 13.3. The molecule has 0 saturated heterocycles. The van der Waals surface area contributed by atoms with Gasteiger partial charge in [0.05, 0.1) is 0 Å². The minimum absolute atomic E-state index is 0.256. The second-order valence-electron chi connectivity index (χ2n) is 5.00. The molecule has 0 spiro atoms. The highest BCUT2D eigenvalue weighted by molar-refractivity contribution is 5.91. The molecule has 0 saturated carbocycles. The summed E-state index contributed by atoms with van der Waals surface area (Å²) in [7, 11) is 0. The van der Waals surface area contributed by atoms with Gasteiger partial charge in [0.2, 0.25) is 12.1 Å². The third kappa shape index (κ3) is 9.38. The zero-order valence-corrected chi connectivity index (χ0v) is 13.3. The van der Waals surface area contributed by atoms with Crippen LogP contribution in [-0.4, -0.2) is 47.1 Å². The number of hydrogen-bond donors (Lipinski definition) is 0. The van der Waals surface area contributed by atoms with Crippen LogP contribution < -0.4 is 0 Å². The van der Waals surface area contributed by atoms with Crippen molar-refractivity contribution in [1.82, 2.24) is 0 Å². The van der Waals surface area contributed by atoms with E-state index in [-0.39, 0.29) is 12.8 Å². The van der Waals surface area contributed by atoms with Gasteiger partial charge in [-0.2, -0.15) is 0 Å². The summed E-state index contributed by atoms with van der Waals surface area (Å²) in [6.45, 7) is 2.69. The van der Waals surface area contributed by atoms with Crippen molar-refractivity contribution >= 4 is 11.9 Å². The first-order valence-electron chi connectivity index (χ1n) is 7.39. The Morgan fingerprint density at radius 2 is 1.22 bits per heavy atom. The number of carbonyl (C=O) groups is 2. The Balaban J connectivity index is 4.16. The molecule has 0 fully saturated rings. The maximum absolute atomic E-state index is 11.4. The summed E-state index contributed by atoms with van der Waals surface area (Å²) < 4.78 is 9.35. The second-order valence-corrected chi connectivity index (χ2v) is 5.00. The number of nitro groups is 2. The van der Waals surface area contributed by atoms with Crippen LogP contribution in [0.5, 0.6) is 0 Å². The minimum atomic E-state index is -1.01. The Morgan fingerprint density at radius 1 is 0.870 bits per heavy atom. The monoisotopic (exact) mass is 334 g/mol. The fourth-order valence-electron chi connectivity index (χ4n) is 1.76. The van der Waals surface area contributed by atoms with Crippen LogP contribution in [0.2, 0.25) is 0 Å². The first kappa shape index (κ1) is 20.7. The van der Waals surface area contributed by atoms with Gasteiger partial charge in [0, 0.05) is 22.7 Å². The summed E-state index contributed by atoms with van der Waals surface area (Å²) in [4.78, 5) is 43.1. The van der Waals surface area contributed by atoms with Gasteiger partial charge < -0.3 is 9.47 Å². The van der Waals surface area contributed by atoms with Gasteiger partial charge in [-0.3, -0.25) is 29.8 Å². The molecule has 0 aromatic heterocycles. The number of esters is 2. The Hall–Kier alpha value is -2.26. The van der Waals surface area contributed by atoms with Crippen molar-refractivity contribution in [3.8, 4) is 0 Å². The third-order valence-electron chi connectivity index (χ3n) is 3.00. The summed E-state index contributed by atoms with van der Waals surface area (Å²) >= 11 is 0. The SMILES string of the molecule is CCCC(COC(=O)CC(=O)OCC(CCC)[N+](=O)[O-])[N+](=O)[O-]. The molecule has 0 radical (unpaired) electrons. The molecule has 0 heterocycles. The smallest absolute Gasteiger partial charge is 0.317 e. The quantitative estimate of drug-likeness (QED) is 0.225. The van der Waals surface area contributed by atoms with E-state index >= 15 is 0 Å². The Morgan fingerprint density at radius 3 is 1.48 bits per heavy atom. The number of hydrogen-bond acceptors (Lipinski definition) is 8. The van der Waals surface area contributed by atoms with E-state index < -0.39 is 53.5 Å². The van der Waals surface area contributed by atoms with Crippen LogP contribution in [0.1, 0.15) is 46.0 Å². The number of ether oxygens (including phenoxy) is 2. The van der Waals surface area contributed by atoms with E-state index in [0.29, 0.717) is 12.8 Å². The normalized spacial score (nSPS) is 13.0. The van der Waals surface area contributed by atoms with Crippen molar-refractivity contribution in [3.05, 3.63) is 20.2 Å². The molecule has 0 amide bonds. The molecule has 0 aliphatic rings. The van der Waals surface area contributed by atoms with E-state index in [2.05, 4.69) is 9.47 Å². The van der Waals surface area contributed by atoms with Crippen LogP contribution in [0.25, 0.3) is 0 Å². The summed E-state index contributed by atoms with van der Waals surface area (Å²) in [6.07, 6.45) is 0.904. The zero-order chi connectivity index (χ0) is 17.8. The molecule has 0 aliphatic carbocycles. The fourth-order valence-corrected chi connectivity index (χ4v) is 1.76. The van der Waals surface area contributed by atoms with Gasteiger partial charge in [0.15, 0.2) is 13.2 Å². The summed E-state index contributed by atoms with van der Waals surface area (Å²) in [5.74, 6) is -1.91. The lowest BCUT2D eigenvalue weighted by atomic mass is 10.2. The number of carbonyl (C=O) groups excluding carboxylic acids is 2.